The van der Waals surface area contributed by atoms with Gasteiger partial charge in [0.1, 0.15) is 11.6 Å². The van der Waals surface area contributed by atoms with Gasteiger partial charge in [-0.2, -0.15) is 0 Å². The number of nitrogens with zero attached hydrogens (tertiary/aromatic N) is 5. The molecule has 174 valence electrons. The molecule has 34 heavy (non-hydrogen) atoms. The van der Waals surface area contributed by atoms with E-state index < -0.39 is 0 Å². The van der Waals surface area contributed by atoms with Crippen LogP contribution >= 0.6 is 23.4 Å². The van der Waals surface area contributed by atoms with Gasteiger partial charge in [0.25, 0.3) is 0 Å². The number of hydrogen-bond acceptors (Lipinski definition) is 7. The molecule has 0 amide bonds. The molecule has 4 heterocycles. The van der Waals surface area contributed by atoms with Crippen LogP contribution in [0.3, 0.4) is 0 Å². The number of imidazole rings is 1. The number of piperidine rings is 1. The Morgan fingerprint density at radius 3 is 2.74 bits per heavy atom. The molecular weight excluding hydrogens is 473 g/mol. The predicted molar refractivity (Wildman–Crippen MR) is 132 cm³/mol. The molecule has 4 aromatic rings. The second kappa shape index (κ2) is 8.11. The summed E-state index contributed by atoms with van der Waals surface area (Å²) < 4.78 is 15.8. The van der Waals surface area contributed by atoms with Crippen molar-refractivity contribution in [3.05, 3.63) is 71.0 Å². The highest BCUT2D eigenvalue weighted by Crippen LogP contribution is 2.51. The van der Waals surface area contributed by atoms with E-state index in [0.717, 1.165) is 59.3 Å². The molecule has 0 saturated carbocycles. The minimum absolute atomic E-state index is 0.0332. The van der Waals surface area contributed by atoms with Gasteiger partial charge in [0.05, 0.1) is 9.92 Å². The van der Waals surface area contributed by atoms with Crippen LogP contribution in [0.1, 0.15) is 30.0 Å². The zero-order chi connectivity index (χ0) is 23.4. The summed E-state index contributed by atoms with van der Waals surface area (Å²) in [6, 6.07) is 6.72. The average Bonchev–Trinajstić information content (AvgIpc) is 3.43. The second-order valence-electron chi connectivity index (χ2n) is 9.00. The van der Waals surface area contributed by atoms with Crippen molar-refractivity contribution in [2.75, 3.05) is 23.7 Å². The van der Waals surface area contributed by atoms with E-state index in [2.05, 4.69) is 14.9 Å². The van der Waals surface area contributed by atoms with Crippen molar-refractivity contribution in [3.8, 4) is 0 Å². The third-order valence-electron chi connectivity index (χ3n) is 7.16. The highest BCUT2D eigenvalue weighted by Gasteiger charge is 2.46. The Kier molecular flexibility index (Phi) is 5.16. The van der Waals surface area contributed by atoms with Gasteiger partial charge in [0, 0.05) is 48.8 Å². The van der Waals surface area contributed by atoms with E-state index in [9.17, 15) is 4.39 Å². The molecule has 0 radical (unpaired) electrons. The first kappa shape index (κ1) is 21.6. The quantitative estimate of drug-likeness (QED) is 0.432. The van der Waals surface area contributed by atoms with Crippen LogP contribution in [0.2, 0.25) is 5.02 Å². The lowest BCUT2D eigenvalue weighted by molar-refractivity contribution is 0.186. The van der Waals surface area contributed by atoms with Crippen LogP contribution in [-0.2, 0) is 6.42 Å². The lowest BCUT2D eigenvalue weighted by Crippen LogP contribution is -2.45. The van der Waals surface area contributed by atoms with Crippen LogP contribution < -0.4 is 16.4 Å². The Balaban J connectivity index is 1.25. The molecule has 1 aliphatic carbocycles. The summed E-state index contributed by atoms with van der Waals surface area (Å²) in [6.45, 7) is 1.65. The Morgan fingerprint density at radius 1 is 1.09 bits per heavy atom. The molecule has 1 aromatic carbocycles. The molecule has 4 N–H and O–H groups in total. The van der Waals surface area contributed by atoms with Crippen LogP contribution in [0.5, 0.6) is 0 Å². The molecule has 1 aliphatic heterocycles. The number of aromatic nitrogens is 4. The molecule has 7 nitrogen and oxygen atoms in total. The lowest BCUT2D eigenvalue weighted by Gasteiger charge is -2.42. The van der Waals surface area contributed by atoms with Crippen molar-refractivity contribution in [3.63, 3.8) is 0 Å². The fraction of sp³-hybridized carbons (Fsp3) is 0.292. The molecule has 2 aliphatic rings. The van der Waals surface area contributed by atoms with Gasteiger partial charge in [-0.1, -0.05) is 29.4 Å². The molecule has 1 unspecified atom stereocenters. The number of halogens is 2. The van der Waals surface area contributed by atoms with Crippen molar-refractivity contribution in [1.29, 1.82) is 0 Å². The summed E-state index contributed by atoms with van der Waals surface area (Å²) in [6.07, 6.45) is 9.91. The van der Waals surface area contributed by atoms with E-state index in [1.807, 2.05) is 28.9 Å². The number of pyridine rings is 1. The van der Waals surface area contributed by atoms with E-state index in [4.69, 9.17) is 28.1 Å². The molecule has 10 heteroatoms. The average molecular weight is 496 g/mol. The molecule has 0 bridgehead atoms. The lowest BCUT2D eigenvalue weighted by atomic mass is 9.73. The maximum atomic E-state index is 13.8. The minimum Gasteiger partial charge on any atom is -0.382 e. The molecule has 1 saturated heterocycles. The van der Waals surface area contributed by atoms with Gasteiger partial charge in [-0.25, -0.2) is 19.3 Å². The number of nitrogens with two attached hydrogens (primary N) is 2. The van der Waals surface area contributed by atoms with Crippen LogP contribution in [0.25, 0.3) is 5.65 Å². The Morgan fingerprint density at radius 2 is 1.91 bits per heavy atom. The number of benzene rings is 1. The zero-order valence-electron chi connectivity index (χ0n) is 18.3. The maximum absolute atomic E-state index is 13.8. The van der Waals surface area contributed by atoms with E-state index in [0.29, 0.717) is 10.8 Å². The van der Waals surface area contributed by atoms with Gasteiger partial charge in [0.15, 0.2) is 5.65 Å². The molecule has 3 aromatic heterocycles. The number of rotatable bonds is 3. The number of fused-ring (bicyclic) bond motifs is 2. The van der Waals surface area contributed by atoms with Gasteiger partial charge in [0.2, 0.25) is 5.95 Å². The monoisotopic (exact) mass is 495 g/mol. The largest absolute Gasteiger partial charge is 0.382 e. The van der Waals surface area contributed by atoms with E-state index >= 15 is 0 Å². The van der Waals surface area contributed by atoms with Crippen molar-refractivity contribution in [2.45, 2.75) is 35.1 Å². The molecular formula is C24H23ClFN7S. The summed E-state index contributed by atoms with van der Waals surface area (Å²) in [4.78, 5) is 17.4. The third-order valence-corrected chi connectivity index (χ3v) is 8.74. The Bertz CT molecular complexity index is 1400. The highest BCUT2D eigenvalue weighted by atomic mass is 35.5. The van der Waals surface area contributed by atoms with Crippen LogP contribution in [0.4, 0.5) is 16.2 Å². The third kappa shape index (κ3) is 3.41. The summed E-state index contributed by atoms with van der Waals surface area (Å²) in [5.74, 6) is 0.930. The van der Waals surface area contributed by atoms with Crippen LogP contribution in [0, 0.1) is 11.2 Å². The zero-order valence-corrected chi connectivity index (χ0v) is 19.9. The predicted octanol–water partition coefficient (Wildman–Crippen LogP) is 4.49. The van der Waals surface area contributed by atoms with Gasteiger partial charge in [-0.3, -0.25) is 4.40 Å². The fourth-order valence-electron chi connectivity index (χ4n) is 5.30. The van der Waals surface area contributed by atoms with Gasteiger partial charge < -0.3 is 16.4 Å². The molecule has 6 rings (SSSR count). The fourth-order valence-corrected chi connectivity index (χ4v) is 6.44. The van der Waals surface area contributed by atoms with E-state index in [1.54, 1.807) is 18.5 Å². The van der Waals surface area contributed by atoms with Crippen molar-refractivity contribution in [2.24, 2.45) is 11.1 Å². The van der Waals surface area contributed by atoms with Crippen molar-refractivity contribution >= 4 is 40.8 Å². The number of anilines is 2. The van der Waals surface area contributed by atoms with Crippen LogP contribution in [-0.4, -0.2) is 32.4 Å². The van der Waals surface area contributed by atoms with E-state index in [-0.39, 0.29) is 17.3 Å². The smallest absolute Gasteiger partial charge is 0.211 e. The van der Waals surface area contributed by atoms with Gasteiger partial charge in [-0.15, -0.1) is 0 Å². The van der Waals surface area contributed by atoms with Gasteiger partial charge >= 0.3 is 0 Å². The summed E-state index contributed by atoms with van der Waals surface area (Å²) in [5.41, 5.74) is 15.4. The maximum Gasteiger partial charge on any atom is 0.211 e. The topological polar surface area (TPSA) is 98.4 Å². The highest BCUT2D eigenvalue weighted by molar-refractivity contribution is 7.99. The van der Waals surface area contributed by atoms with E-state index in [1.165, 1.54) is 23.4 Å². The first-order valence-corrected chi connectivity index (χ1v) is 12.3. The molecule has 1 atom stereocenters. The summed E-state index contributed by atoms with van der Waals surface area (Å²) in [5, 5.41) is 0.427. The first-order chi connectivity index (χ1) is 16.4. The minimum atomic E-state index is -0.218. The Labute approximate surface area is 205 Å². The van der Waals surface area contributed by atoms with Crippen molar-refractivity contribution < 1.29 is 4.39 Å². The first-order valence-electron chi connectivity index (χ1n) is 11.1. The Hall–Kier alpha value is -2.88. The molecule has 1 fully saturated rings. The second-order valence-corrected chi connectivity index (χ2v) is 10.5. The number of hydrogen-bond donors (Lipinski definition) is 2. The summed E-state index contributed by atoms with van der Waals surface area (Å²) >= 11 is 7.80. The van der Waals surface area contributed by atoms with Crippen molar-refractivity contribution in [1.82, 2.24) is 19.4 Å². The SMILES string of the molecule is Nc1nccc(Sc2cnc(N3CCC4(CC3)Cc3ccc(F)cc3C4N)n3ccnc23)c1Cl. The molecule has 1 spiro atoms. The summed E-state index contributed by atoms with van der Waals surface area (Å²) in [7, 11) is 0. The van der Waals surface area contributed by atoms with Crippen LogP contribution in [0.15, 0.2) is 58.8 Å². The van der Waals surface area contributed by atoms with Gasteiger partial charge in [-0.05, 0) is 54.0 Å². The normalized spacial score (nSPS) is 19.1. The number of nitrogen functional groups attached to an aromatic ring is 1. The standard InChI is InChI=1S/C24H23ClFN7S/c25-19-17(3-6-29-21(19)28)34-18-13-31-23(33-10-7-30-22(18)33)32-8-4-24(5-9-32)12-14-1-2-15(26)11-16(14)20(24)27/h1-3,6-7,10-11,13,20H,4-5,8-9,12,27H2,(H2,28,29).